The molecule has 0 amide bonds. The van der Waals surface area contributed by atoms with Crippen LogP contribution in [0, 0.1) is 5.92 Å². The van der Waals surface area contributed by atoms with Gasteiger partial charge >= 0.3 is 0 Å². The first kappa shape index (κ1) is 13.4. The fourth-order valence-corrected chi connectivity index (χ4v) is 2.64. The summed E-state index contributed by atoms with van der Waals surface area (Å²) in [6.07, 6.45) is 8.91. The molecule has 0 bridgehead atoms. The highest BCUT2D eigenvalue weighted by Crippen LogP contribution is 2.27. The van der Waals surface area contributed by atoms with Gasteiger partial charge in [-0.25, -0.2) is 4.98 Å². The molecule has 1 aliphatic carbocycles. The lowest BCUT2D eigenvalue weighted by atomic mass is 10.1. The monoisotopic (exact) mass is 251 g/mol. The molecule has 0 aromatic carbocycles. The van der Waals surface area contributed by atoms with Crippen molar-refractivity contribution in [3.8, 4) is 0 Å². The minimum absolute atomic E-state index is 0.595. The fraction of sp³-hybridized carbons (Fsp3) is 0.786. The molecule has 1 fully saturated rings. The van der Waals surface area contributed by atoms with Gasteiger partial charge in [-0.15, -0.1) is 0 Å². The van der Waals surface area contributed by atoms with Gasteiger partial charge < -0.3 is 14.6 Å². The van der Waals surface area contributed by atoms with Crippen LogP contribution in [0.25, 0.3) is 0 Å². The van der Waals surface area contributed by atoms with E-state index in [2.05, 4.69) is 21.8 Å². The number of aromatic nitrogens is 2. The summed E-state index contributed by atoms with van der Waals surface area (Å²) in [5, 5.41) is 3.59. The van der Waals surface area contributed by atoms with E-state index in [1.165, 1.54) is 19.3 Å². The number of imidazole rings is 1. The molecule has 1 N–H and O–H groups in total. The first-order valence-electron chi connectivity index (χ1n) is 7.16. The van der Waals surface area contributed by atoms with E-state index in [0.29, 0.717) is 6.04 Å². The smallest absolute Gasteiger partial charge is 0.202 e. The van der Waals surface area contributed by atoms with E-state index >= 15 is 0 Å². The number of nitrogens with one attached hydrogen (secondary N) is 1. The number of nitrogens with zero attached hydrogens (tertiary/aromatic N) is 2. The largest absolute Gasteiger partial charge is 0.382 e. The molecule has 1 saturated carbocycles. The van der Waals surface area contributed by atoms with E-state index in [1.807, 2.05) is 19.3 Å². The van der Waals surface area contributed by atoms with Crippen molar-refractivity contribution in [1.82, 2.24) is 9.55 Å². The van der Waals surface area contributed by atoms with Crippen LogP contribution in [-0.4, -0.2) is 28.8 Å². The molecule has 1 aromatic heterocycles. The highest BCUT2D eigenvalue weighted by molar-refractivity contribution is 5.28. The van der Waals surface area contributed by atoms with Crippen LogP contribution in [0.4, 0.5) is 5.95 Å². The third-order valence-corrected chi connectivity index (χ3v) is 3.78. The Balaban J connectivity index is 1.83. The molecule has 1 heterocycles. The van der Waals surface area contributed by atoms with Crippen molar-refractivity contribution in [2.45, 2.75) is 52.1 Å². The van der Waals surface area contributed by atoms with Gasteiger partial charge in [-0.1, -0.05) is 13.3 Å². The number of anilines is 1. The minimum atomic E-state index is 0.595. The lowest BCUT2D eigenvalue weighted by Crippen LogP contribution is -2.24. The fourth-order valence-electron chi connectivity index (χ4n) is 2.64. The Bertz CT molecular complexity index is 351. The van der Waals surface area contributed by atoms with Gasteiger partial charge in [-0.3, -0.25) is 0 Å². The molecule has 2 atom stereocenters. The number of rotatable bonds is 7. The molecule has 2 unspecified atom stereocenters. The van der Waals surface area contributed by atoms with Crippen LogP contribution in [0.2, 0.25) is 0 Å². The van der Waals surface area contributed by atoms with Gasteiger partial charge in [0.15, 0.2) is 0 Å². The minimum Gasteiger partial charge on any atom is -0.382 e. The lowest BCUT2D eigenvalue weighted by molar-refractivity contribution is 0.142. The maximum atomic E-state index is 5.37. The summed E-state index contributed by atoms with van der Waals surface area (Å²) in [4.78, 5) is 4.42. The van der Waals surface area contributed by atoms with Gasteiger partial charge in [0, 0.05) is 38.2 Å². The Morgan fingerprint density at radius 3 is 3.11 bits per heavy atom. The Hall–Kier alpha value is -1.03. The molecule has 1 aromatic rings. The second kappa shape index (κ2) is 6.78. The van der Waals surface area contributed by atoms with Crippen molar-refractivity contribution < 1.29 is 4.74 Å². The molecule has 4 nitrogen and oxygen atoms in total. The second-order valence-corrected chi connectivity index (χ2v) is 5.15. The standard InChI is InChI=1S/C14H25N3O/c1-3-18-11-5-9-17-10-8-15-14(17)16-13-7-4-6-12(13)2/h8,10,12-13H,3-7,9,11H2,1-2H3,(H,15,16). The SMILES string of the molecule is CCOCCCn1ccnc1NC1CCCC1C. The van der Waals surface area contributed by atoms with Gasteiger partial charge in [0.25, 0.3) is 0 Å². The van der Waals surface area contributed by atoms with Crippen molar-refractivity contribution in [2.75, 3.05) is 18.5 Å². The van der Waals surface area contributed by atoms with E-state index < -0.39 is 0 Å². The predicted octanol–water partition coefficient (Wildman–Crippen LogP) is 2.91. The van der Waals surface area contributed by atoms with Crippen LogP contribution in [0.1, 0.15) is 39.5 Å². The molecule has 0 saturated heterocycles. The normalized spacial score (nSPS) is 23.4. The zero-order valence-corrected chi connectivity index (χ0v) is 11.6. The summed E-state index contributed by atoms with van der Waals surface area (Å²) in [6, 6.07) is 0.595. The van der Waals surface area contributed by atoms with Crippen LogP contribution >= 0.6 is 0 Å². The summed E-state index contributed by atoms with van der Waals surface area (Å²) in [5.41, 5.74) is 0. The molecule has 0 radical (unpaired) electrons. The van der Waals surface area contributed by atoms with Gasteiger partial charge in [-0.2, -0.15) is 0 Å². The topological polar surface area (TPSA) is 39.1 Å². The van der Waals surface area contributed by atoms with Crippen LogP contribution in [0.15, 0.2) is 12.4 Å². The Kier molecular flexibility index (Phi) is 5.05. The quantitative estimate of drug-likeness (QED) is 0.757. The number of aryl methyl sites for hydroxylation is 1. The first-order chi connectivity index (χ1) is 8.81. The molecule has 0 aliphatic heterocycles. The molecule has 1 aliphatic rings. The average Bonchev–Trinajstić information content (AvgIpc) is 2.96. The second-order valence-electron chi connectivity index (χ2n) is 5.15. The molecule has 4 heteroatoms. The van der Waals surface area contributed by atoms with E-state index in [1.54, 1.807) is 0 Å². The predicted molar refractivity (Wildman–Crippen MR) is 73.8 cm³/mol. The van der Waals surface area contributed by atoms with Crippen molar-refractivity contribution >= 4 is 5.95 Å². The van der Waals surface area contributed by atoms with Gasteiger partial charge in [0.1, 0.15) is 0 Å². The van der Waals surface area contributed by atoms with Crippen molar-refractivity contribution in [1.29, 1.82) is 0 Å². The average molecular weight is 251 g/mol. The number of hydrogen-bond donors (Lipinski definition) is 1. The van der Waals surface area contributed by atoms with Crippen LogP contribution in [0.5, 0.6) is 0 Å². The zero-order valence-electron chi connectivity index (χ0n) is 11.6. The maximum absolute atomic E-state index is 5.37. The Labute approximate surface area is 110 Å². The molecule has 102 valence electrons. The van der Waals surface area contributed by atoms with Crippen molar-refractivity contribution in [2.24, 2.45) is 5.92 Å². The van der Waals surface area contributed by atoms with E-state index in [4.69, 9.17) is 4.74 Å². The summed E-state index contributed by atoms with van der Waals surface area (Å²) < 4.78 is 7.57. The van der Waals surface area contributed by atoms with Gasteiger partial charge in [0.05, 0.1) is 0 Å². The number of hydrogen-bond acceptors (Lipinski definition) is 3. The van der Waals surface area contributed by atoms with Gasteiger partial charge in [-0.05, 0) is 32.1 Å². The van der Waals surface area contributed by atoms with Crippen molar-refractivity contribution in [3.63, 3.8) is 0 Å². The summed E-state index contributed by atoms with van der Waals surface area (Å²) in [5.74, 6) is 1.78. The Morgan fingerprint density at radius 1 is 1.50 bits per heavy atom. The van der Waals surface area contributed by atoms with Gasteiger partial charge in [0.2, 0.25) is 5.95 Å². The molecule has 0 spiro atoms. The summed E-state index contributed by atoms with van der Waals surface area (Å²) >= 11 is 0. The highest BCUT2D eigenvalue weighted by atomic mass is 16.5. The summed E-state index contributed by atoms with van der Waals surface area (Å²) in [7, 11) is 0. The highest BCUT2D eigenvalue weighted by Gasteiger charge is 2.24. The third-order valence-electron chi connectivity index (χ3n) is 3.78. The van der Waals surface area contributed by atoms with Crippen molar-refractivity contribution in [3.05, 3.63) is 12.4 Å². The molecular formula is C14H25N3O. The summed E-state index contributed by atoms with van der Waals surface area (Å²) in [6.45, 7) is 6.96. The van der Waals surface area contributed by atoms with E-state index in [9.17, 15) is 0 Å². The van der Waals surface area contributed by atoms with Crippen LogP contribution in [-0.2, 0) is 11.3 Å². The molecular weight excluding hydrogens is 226 g/mol. The van der Waals surface area contributed by atoms with Crippen LogP contribution in [0.3, 0.4) is 0 Å². The Morgan fingerprint density at radius 2 is 2.39 bits per heavy atom. The third kappa shape index (κ3) is 3.48. The molecule has 18 heavy (non-hydrogen) atoms. The number of ether oxygens (including phenoxy) is 1. The zero-order chi connectivity index (χ0) is 12.8. The lowest BCUT2D eigenvalue weighted by Gasteiger charge is -2.19. The molecule has 2 rings (SSSR count). The van der Waals surface area contributed by atoms with Crippen LogP contribution < -0.4 is 5.32 Å². The van der Waals surface area contributed by atoms with E-state index in [-0.39, 0.29) is 0 Å². The van der Waals surface area contributed by atoms with E-state index in [0.717, 1.165) is 38.0 Å². The maximum Gasteiger partial charge on any atom is 0.202 e. The first-order valence-corrected chi connectivity index (χ1v) is 7.16.